The number of fused-ring (bicyclic) bond motifs is 3. The zero-order chi connectivity index (χ0) is 20.4. The number of hydrogen-bond donors (Lipinski definition) is 0. The average Bonchev–Trinajstić information content (AvgIpc) is 3.12. The second-order valence-electron chi connectivity index (χ2n) is 6.71. The first kappa shape index (κ1) is 19.1. The molecule has 0 spiro atoms. The first-order valence-electron chi connectivity index (χ1n) is 9.51. The van der Waals surface area contributed by atoms with Gasteiger partial charge in [0, 0.05) is 19.5 Å². The van der Waals surface area contributed by atoms with Crippen molar-refractivity contribution in [2.75, 3.05) is 31.8 Å². The molecule has 2 aromatic heterocycles. The summed E-state index contributed by atoms with van der Waals surface area (Å²) in [6, 6.07) is 10.7. The molecule has 2 atom stereocenters. The average molecular weight is 394 g/mol. The smallest absolute Gasteiger partial charge is 0.321 e. The van der Waals surface area contributed by atoms with Gasteiger partial charge in [-0.1, -0.05) is 18.2 Å². The van der Waals surface area contributed by atoms with Crippen LogP contribution in [0.3, 0.4) is 0 Å². The number of rotatable bonds is 6. The van der Waals surface area contributed by atoms with Gasteiger partial charge in [-0.2, -0.15) is 0 Å². The summed E-state index contributed by atoms with van der Waals surface area (Å²) in [5, 5.41) is 0. The molecule has 0 bridgehead atoms. The minimum absolute atomic E-state index is 0.192. The number of carbonyl (C=O) groups excluding carboxylic acids is 2. The number of methoxy groups -OCH3 is 1. The van der Waals surface area contributed by atoms with Gasteiger partial charge in [0.1, 0.15) is 0 Å². The number of para-hydroxylation sites is 2. The quantitative estimate of drug-likeness (QED) is 0.471. The molecule has 4 rings (SSSR count). The summed E-state index contributed by atoms with van der Waals surface area (Å²) in [7, 11) is 1.57. The third-order valence-electron chi connectivity index (χ3n) is 5.03. The summed E-state index contributed by atoms with van der Waals surface area (Å²) < 4.78 is 12.4. The number of nitrogens with zero attached hydrogens (tertiary/aromatic N) is 4. The Morgan fingerprint density at radius 1 is 1.21 bits per heavy atom. The van der Waals surface area contributed by atoms with E-state index in [1.807, 2.05) is 34.9 Å². The first-order chi connectivity index (χ1) is 14.2. The topological polar surface area (TPSA) is 86.5 Å². The summed E-state index contributed by atoms with van der Waals surface area (Å²) in [6.45, 7) is 2.53. The number of ether oxygens (including phenoxy) is 2. The number of anilines is 1. The Kier molecular flexibility index (Phi) is 5.26. The first-order valence-corrected chi connectivity index (χ1v) is 9.51. The molecule has 1 aliphatic rings. The number of imidazole rings is 1. The molecule has 8 nitrogen and oxygen atoms in total. The van der Waals surface area contributed by atoms with E-state index in [-0.39, 0.29) is 19.1 Å². The van der Waals surface area contributed by atoms with Gasteiger partial charge in [-0.25, -0.2) is 4.98 Å². The molecule has 0 radical (unpaired) electrons. The van der Waals surface area contributed by atoms with Crippen molar-refractivity contribution in [3.63, 3.8) is 0 Å². The Labute approximate surface area is 168 Å². The van der Waals surface area contributed by atoms with Crippen LogP contribution in [0, 0.1) is 5.92 Å². The van der Waals surface area contributed by atoms with Crippen molar-refractivity contribution in [2.24, 2.45) is 5.92 Å². The fourth-order valence-electron chi connectivity index (χ4n) is 3.79. The van der Waals surface area contributed by atoms with Crippen LogP contribution in [-0.4, -0.2) is 53.3 Å². The number of carbonyl (C=O) groups is 2. The summed E-state index contributed by atoms with van der Waals surface area (Å²) >= 11 is 0. The lowest BCUT2D eigenvalue weighted by atomic mass is 9.90. The zero-order valence-corrected chi connectivity index (χ0v) is 16.3. The standard InChI is InChI=1S/C21H22N4O4/c1-3-29-20(27)17-18(14-7-6-10-22-13-14)25-16-9-5-4-8-15(16)23-21(25)24(19(17)26)11-12-28-2/h4-10,13,17-18H,3,11-12H2,1-2H3/t17-,18-/m1/s1. The number of aromatic nitrogens is 3. The van der Waals surface area contributed by atoms with E-state index in [9.17, 15) is 9.59 Å². The number of hydrogen-bond acceptors (Lipinski definition) is 6. The van der Waals surface area contributed by atoms with Gasteiger partial charge in [0.15, 0.2) is 5.92 Å². The van der Waals surface area contributed by atoms with E-state index in [1.54, 1.807) is 32.5 Å². The maximum absolute atomic E-state index is 13.5. The van der Waals surface area contributed by atoms with E-state index in [0.717, 1.165) is 16.6 Å². The number of esters is 1. The van der Waals surface area contributed by atoms with Crippen LogP contribution in [-0.2, 0) is 19.1 Å². The third-order valence-corrected chi connectivity index (χ3v) is 5.03. The summed E-state index contributed by atoms with van der Waals surface area (Å²) in [5.74, 6) is -1.46. The minimum atomic E-state index is -1.04. The maximum atomic E-state index is 13.5. The monoisotopic (exact) mass is 394 g/mol. The van der Waals surface area contributed by atoms with E-state index < -0.39 is 17.9 Å². The van der Waals surface area contributed by atoms with Gasteiger partial charge in [-0.3, -0.25) is 19.5 Å². The van der Waals surface area contributed by atoms with E-state index in [1.165, 1.54) is 4.90 Å². The summed E-state index contributed by atoms with van der Waals surface area (Å²) in [4.78, 5) is 36.8. The molecule has 0 saturated carbocycles. The Morgan fingerprint density at radius 3 is 2.76 bits per heavy atom. The van der Waals surface area contributed by atoms with Crippen LogP contribution in [0.15, 0.2) is 48.8 Å². The second kappa shape index (κ2) is 8.00. The molecule has 0 aliphatic carbocycles. The molecule has 0 N–H and O–H groups in total. The van der Waals surface area contributed by atoms with E-state index in [4.69, 9.17) is 14.5 Å². The Morgan fingerprint density at radius 2 is 2.03 bits per heavy atom. The Hall–Kier alpha value is -3.26. The lowest BCUT2D eigenvalue weighted by molar-refractivity contribution is -0.153. The van der Waals surface area contributed by atoms with Gasteiger partial charge in [-0.05, 0) is 30.7 Å². The van der Waals surface area contributed by atoms with Crippen molar-refractivity contribution in [2.45, 2.75) is 13.0 Å². The number of amides is 1. The van der Waals surface area contributed by atoms with Gasteiger partial charge >= 0.3 is 5.97 Å². The highest BCUT2D eigenvalue weighted by molar-refractivity contribution is 6.08. The van der Waals surface area contributed by atoms with Crippen LogP contribution in [0.4, 0.5) is 5.95 Å². The molecular formula is C21H22N4O4. The van der Waals surface area contributed by atoms with Crippen LogP contribution in [0.1, 0.15) is 18.5 Å². The molecule has 29 heavy (non-hydrogen) atoms. The van der Waals surface area contributed by atoms with Crippen LogP contribution >= 0.6 is 0 Å². The molecule has 0 saturated heterocycles. The zero-order valence-electron chi connectivity index (χ0n) is 16.3. The lowest BCUT2D eigenvalue weighted by Crippen LogP contribution is -2.51. The minimum Gasteiger partial charge on any atom is -0.465 e. The molecule has 8 heteroatoms. The fraction of sp³-hybridized carbons (Fsp3) is 0.333. The van der Waals surface area contributed by atoms with Crippen LogP contribution < -0.4 is 4.90 Å². The Bertz CT molecular complexity index is 1030. The number of benzene rings is 1. The summed E-state index contributed by atoms with van der Waals surface area (Å²) in [6.07, 6.45) is 3.33. The summed E-state index contributed by atoms with van der Waals surface area (Å²) in [5.41, 5.74) is 2.33. The molecule has 0 fully saturated rings. The molecular weight excluding hydrogens is 372 g/mol. The highest BCUT2D eigenvalue weighted by Crippen LogP contribution is 2.40. The lowest BCUT2D eigenvalue weighted by Gasteiger charge is -2.37. The van der Waals surface area contributed by atoms with E-state index >= 15 is 0 Å². The molecule has 1 amide bonds. The predicted molar refractivity (Wildman–Crippen MR) is 106 cm³/mol. The molecule has 1 aromatic carbocycles. The van der Waals surface area contributed by atoms with Gasteiger partial charge < -0.3 is 14.0 Å². The van der Waals surface area contributed by atoms with Crippen molar-refractivity contribution in [3.8, 4) is 0 Å². The second-order valence-corrected chi connectivity index (χ2v) is 6.71. The molecule has 1 aliphatic heterocycles. The number of pyridine rings is 1. The van der Waals surface area contributed by atoms with Crippen molar-refractivity contribution < 1.29 is 19.1 Å². The molecule has 150 valence electrons. The Balaban J connectivity index is 1.97. The van der Waals surface area contributed by atoms with Gasteiger partial charge in [0.05, 0.1) is 36.8 Å². The maximum Gasteiger partial charge on any atom is 0.321 e. The van der Waals surface area contributed by atoms with Crippen LogP contribution in [0.2, 0.25) is 0 Å². The highest BCUT2D eigenvalue weighted by atomic mass is 16.5. The van der Waals surface area contributed by atoms with E-state index in [2.05, 4.69) is 4.98 Å². The largest absolute Gasteiger partial charge is 0.465 e. The van der Waals surface area contributed by atoms with Crippen molar-refractivity contribution in [1.82, 2.24) is 14.5 Å². The van der Waals surface area contributed by atoms with Gasteiger partial charge in [0.25, 0.3) is 0 Å². The van der Waals surface area contributed by atoms with Gasteiger partial charge in [0.2, 0.25) is 11.9 Å². The predicted octanol–water partition coefficient (Wildman–Crippen LogP) is 2.19. The van der Waals surface area contributed by atoms with Crippen molar-refractivity contribution in [3.05, 3.63) is 54.4 Å². The van der Waals surface area contributed by atoms with Gasteiger partial charge in [-0.15, -0.1) is 0 Å². The highest BCUT2D eigenvalue weighted by Gasteiger charge is 2.47. The third kappa shape index (κ3) is 3.25. The van der Waals surface area contributed by atoms with E-state index in [0.29, 0.717) is 12.6 Å². The van der Waals surface area contributed by atoms with Crippen molar-refractivity contribution >= 4 is 28.9 Å². The molecule has 0 unspecified atom stereocenters. The molecule has 3 heterocycles. The van der Waals surface area contributed by atoms with Crippen LogP contribution in [0.5, 0.6) is 0 Å². The normalized spacial score (nSPS) is 18.7. The SMILES string of the molecule is CCOC(=O)[C@H]1C(=O)N(CCOC)c2nc3ccccc3n2[C@@H]1c1cccnc1. The fourth-order valence-corrected chi connectivity index (χ4v) is 3.79. The van der Waals surface area contributed by atoms with Crippen LogP contribution in [0.25, 0.3) is 11.0 Å². The molecule has 3 aromatic rings. The van der Waals surface area contributed by atoms with Crippen molar-refractivity contribution in [1.29, 1.82) is 0 Å².